The number of hydrogen-bond acceptors (Lipinski definition) is 4. The van der Waals surface area contributed by atoms with E-state index in [0.29, 0.717) is 22.9 Å². The zero-order valence-electron chi connectivity index (χ0n) is 13.0. The van der Waals surface area contributed by atoms with Crippen molar-refractivity contribution in [1.82, 2.24) is 4.57 Å². The van der Waals surface area contributed by atoms with Crippen LogP contribution in [0.15, 0.2) is 22.8 Å². The number of ether oxygens (including phenoxy) is 1. The van der Waals surface area contributed by atoms with E-state index in [4.69, 9.17) is 9.15 Å². The number of carbonyl (C=O) groups is 2. The second-order valence-corrected chi connectivity index (χ2v) is 5.78. The van der Waals surface area contributed by atoms with Crippen molar-refractivity contribution in [3.05, 3.63) is 46.7 Å². The molecular weight excluding hydrogens is 282 g/mol. The first kappa shape index (κ1) is 14.6. The number of hydrogen-bond donors (Lipinski definition) is 0. The third-order valence-corrected chi connectivity index (χ3v) is 4.11. The van der Waals surface area contributed by atoms with Gasteiger partial charge in [0.2, 0.25) is 5.78 Å². The quantitative estimate of drug-likeness (QED) is 0.627. The maximum atomic E-state index is 12.3. The zero-order valence-corrected chi connectivity index (χ0v) is 13.0. The van der Waals surface area contributed by atoms with E-state index in [0.717, 1.165) is 11.4 Å². The Hall–Kier alpha value is -2.30. The molecule has 0 atom stereocenters. The highest BCUT2D eigenvalue weighted by Gasteiger charge is 2.28. The highest BCUT2D eigenvalue weighted by Crippen LogP contribution is 2.38. The van der Waals surface area contributed by atoms with Crippen LogP contribution in [0.5, 0.6) is 0 Å². The number of aryl methyl sites for hydroxylation is 2. The highest BCUT2D eigenvalue weighted by atomic mass is 16.5. The summed E-state index contributed by atoms with van der Waals surface area (Å²) in [6, 6.07) is 3.95. The monoisotopic (exact) mass is 301 g/mol. The topological polar surface area (TPSA) is 61.4 Å². The molecule has 0 unspecified atom stereocenters. The lowest BCUT2D eigenvalue weighted by molar-refractivity contribution is 0.0472. The third-order valence-electron chi connectivity index (χ3n) is 4.11. The van der Waals surface area contributed by atoms with E-state index in [-0.39, 0.29) is 12.4 Å². The van der Waals surface area contributed by atoms with Gasteiger partial charge in [0.15, 0.2) is 6.61 Å². The normalized spacial score (nSPS) is 14.1. The largest absolute Gasteiger partial charge is 0.469 e. The number of furan rings is 1. The van der Waals surface area contributed by atoms with Crippen molar-refractivity contribution in [3.8, 4) is 0 Å². The molecule has 1 aliphatic rings. The van der Waals surface area contributed by atoms with E-state index in [1.54, 1.807) is 13.0 Å². The predicted molar refractivity (Wildman–Crippen MR) is 80.2 cm³/mol. The van der Waals surface area contributed by atoms with Crippen LogP contribution in [-0.4, -0.2) is 22.9 Å². The molecule has 0 bridgehead atoms. The van der Waals surface area contributed by atoms with Crippen molar-refractivity contribution >= 4 is 11.8 Å². The van der Waals surface area contributed by atoms with Crippen molar-refractivity contribution in [2.24, 2.45) is 0 Å². The summed E-state index contributed by atoms with van der Waals surface area (Å²) in [6.07, 6.45) is 3.76. The lowest BCUT2D eigenvalue weighted by Gasteiger charge is -2.07. The average Bonchev–Trinajstić information content (AvgIpc) is 3.14. The van der Waals surface area contributed by atoms with E-state index >= 15 is 0 Å². The number of Topliss-reactive ketones (excluding diaryl/α,β-unsaturated/α-hetero) is 1. The van der Waals surface area contributed by atoms with Crippen LogP contribution in [0.2, 0.25) is 0 Å². The van der Waals surface area contributed by atoms with Gasteiger partial charge in [0.25, 0.3) is 0 Å². The molecular formula is C17H19NO4. The van der Waals surface area contributed by atoms with Crippen molar-refractivity contribution in [3.63, 3.8) is 0 Å². The Morgan fingerprint density at radius 3 is 2.59 bits per heavy atom. The molecule has 1 aliphatic carbocycles. The second-order valence-electron chi connectivity index (χ2n) is 5.78. The molecule has 2 heterocycles. The number of carbonyl (C=O) groups excluding carboxylic acids is 2. The summed E-state index contributed by atoms with van der Waals surface area (Å²) in [6.45, 7) is 5.38. The molecule has 0 N–H and O–H groups in total. The van der Waals surface area contributed by atoms with Gasteiger partial charge >= 0.3 is 5.97 Å². The molecule has 3 rings (SSSR count). The van der Waals surface area contributed by atoms with Crippen molar-refractivity contribution in [2.75, 3.05) is 6.61 Å². The first-order chi connectivity index (χ1) is 10.5. The fourth-order valence-electron chi connectivity index (χ4n) is 2.84. The van der Waals surface area contributed by atoms with E-state index in [1.165, 1.54) is 19.1 Å². The van der Waals surface area contributed by atoms with Crippen LogP contribution in [0.3, 0.4) is 0 Å². The summed E-state index contributed by atoms with van der Waals surface area (Å²) in [5.74, 6) is -0.213. The Labute approximate surface area is 128 Å². The van der Waals surface area contributed by atoms with Crippen LogP contribution in [0, 0.1) is 20.8 Å². The number of rotatable bonds is 5. The first-order valence-electron chi connectivity index (χ1n) is 7.42. The van der Waals surface area contributed by atoms with Gasteiger partial charge < -0.3 is 13.7 Å². The fourth-order valence-corrected chi connectivity index (χ4v) is 2.84. The summed E-state index contributed by atoms with van der Waals surface area (Å²) >= 11 is 0. The number of aromatic nitrogens is 1. The number of nitrogens with zero attached hydrogens (tertiary/aromatic N) is 1. The minimum Gasteiger partial charge on any atom is -0.469 e. The molecule has 0 amide bonds. The van der Waals surface area contributed by atoms with Crippen molar-refractivity contribution in [2.45, 2.75) is 39.7 Å². The molecule has 1 saturated carbocycles. The molecule has 2 aromatic rings. The summed E-state index contributed by atoms with van der Waals surface area (Å²) in [4.78, 5) is 24.2. The number of esters is 1. The van der Waals surface area contributed by atoms with Crippen LogP contribution in [0.4, 0.5) is 0 Å². The fraction of sp³-hybridized carbons (Fsp3) is 0.412. The van der Waals surface area contributed by atoms with Crippen LogP contribution in [-0.2, 0) is 4.74 Å². The Morgan fingerprint density at radius 2 is 2.00 bits per heavy atom. The van der Waals surface area contributed by atoms with Gasteiger partial charge in [-0.1, -0.05) is 0 Å². The number of ketones is 1. The van der Waals surface area contributed by atoms with E-state index in [1.807, 2.05) is 19.9 Å². The van der Waals surface area contributed by atoms with Crippen LogP contribution >= 0.6 is 0 Å². The van der Waals surface area contributed by atoms with Gasteiger partial charge in [-0.15, -0.1) is 0 Å². The second kappa shape index (κ2) is 5.48. The molecule has 1 fully saturated rings. The first-order valence-corrected chi connectivity index (χ1v) is 7.42. The standard InChI is InChI=1S/C17H19NO4/c1-10-8-15(11(2)18(10)13-4-5-13)16(19)9-22-17(20)14-6-7-21-12(14)3/h6-8,13H,4-5,9H2,1-3H3. The Balaban J connectivity index is 1.69. The minimum atomic E-state index is -0.532. The summed E-state index contributed by atoms with van der Waals surface area (Å²) < 4.78 is 12.4. The van der Waals surface area contributed by atoms with E-state index in [9.17, 15) is 9.59 Å². The SMILES string of the molecule is Cc1occc1C(=O)OCC(=O)c1cc(C)n(C2CC2)c1C. The van der Waals surface area contributed by atoms with Crippen molar-refractivity contribution < 1.29 is 18.7 Å². The molecule has 0 radical (unpaired) electrons. The molecule has 2 aromatic heterocycles. The molecule has 0 spiro atoms. The minimum absolute atomic E-state index is 0.172. The maximum absolute atomic E-state index is 12.3. The maximum Gasteiger partial charge on any atom is 0.342 e. The van der Waals surface area contributed by atoms with Gasteiger partial charge in [-0.25, -0.2) is 4.79 Å². The van der Waals surface area contributed by atoms with Gasteiger partial charge in [0.05, 0.1) is 6.26 Å². The molecule has 0 aliphatic heterocycles. The van der Waals surface area contributed by atoms with Crippen LogP contribution in [0.25, 0.3) is 0 Å². The summed E-state index contributed by atoms with van der Waals surface area (Å²) in [7, 11) is 0. The van der Waals surface area contributed by atoms with Gasteiger partial charge in [0.1, 0.15) is 11.3 Å². The Morgan fingerprint density at radius 1 is 1.27 bits per heavy atom. The highest BCUT2D eigenvalue weighted by molar-refractivity contribution is 6.00. The van der Waals surface area contributed by atoms with E-state index in [2.05, 4.69) is 4.57 Å². The summed E-state index contributed by atoms with van der Waals surface area (Å²) in [5, 5.41) is 0. The molecule has 22 heavy (non-hydrogen) atoms. The zero-order chi connectivity index (χ0) is 15.9. The van der Waals surface area contributed by atoms with Gasteiger partial charge in [-0.05, 0) is 45.7 Å². The van der Waals surface area contributed by atoms with Gasteiger partial charge in [-0.3, -0.25) is 4.79 Å². The Bertz CT molecular complexity index is 734. The summed E-state index contributed by atoms with van der Waals surface area (Å²) in [5.41, 5.74) is 3.04. The van der Waals surface area contributed by atoms with Gasteiger partial charge in [-0.2, -0.15) is 0 Å². The molecule has 0 saturated heterocycles. The molecule has 5 nitrogen and oxygen atoms in total. The van der Waals surface area contributed by atoms with Gasteiger partial charge in [0, 0.05) is 23.0 Å². The third kappa shape index (κ3) is 2.58. The smallest absolute Gasteiger partial charge is 0.342 e. The van der Waals surface area contributed by atoms with E-state index < -0.39 is 5.97 Å². The Kier molecular flexibility index (Phi) is 3.64. The lowest BCUT2D eigenvalue weighted by Crippen LogP contribution is -2.15. The van der Waals surface area contributed by atoms with Crippen LogP contribution < -0.4 is 0 Å². The average molecular weight is 301 g/mol. The molecule has 0 aromatic carbocycles. The molecule has 116 valence electrons. The predicted octanol–water partition coefficient (Wildman–Crippen LogP) is 3.38. The molecule has 5 heteroatoms. The van der Waals surface area contributed by atoms with Crippen molar-refractivity contribution in [1.29, 1.82) is 0 Å². The van der Waals surface area contributed by atoms with Crippen LogP contribution in [0.1, 0.15) is 56.7 Å². The lowest BCUT2D eigenvalue weighted by atomic mass is 10.1.